The topological polar surface area (TPSA) is 66.8 Å². The summed E-state index contributed by atoms with van der Waals surface area (Å²) in [5, 5.41) is 10.3. The fourth-order valence-electron chi connectivity index (χ4n) is 3.86. The van der Waals surface area contributed by atoms with Crippen molar-refractivity contribution in [2.24, 2.45) is 5.92 Å². The van der Waals surface area contributed by atoms with Gasteiger partial charge in [-0.25, -0.2) is 0 Å². The maximum absolute atomic E-state index is 13.0. The van der Waals surface area contributed by atoms with Crippen LogP contribution < -0.4 is 4.46 Å². The minimum atomic E-state index is -1.07. The SMILES string of the molecule is CC(C)OC(=O)C1([Se]c2ccccc2)CC[C@@H]2[C@H](C(C)(C)O)C(=O)N21. The molecule has 2 saturated heterocycles. The Balaban J connectivity index is 1.94. The molecule has 3 atom stereocenters. The van der Waals surface area contributed by atoms with Crippen molar-refractivity contribution in [3.63, 3.8) is 0 Å². The molecule has 1 N–H and O–H groups in total. The van der Waals surface area contributed by atoms with Gasteiger partial charge in [-0.15, -0.1) is 0 Å². The summed E-state index contributed by atoms with van der Waals surface area (Å²) in [5.41, 5.74) is -1.07. The van der Waals surface area contributed by atoms with E-state index in [-0.39, 0.29) is 39.0 Å². The zero-order chi connectivity index (χ0) is 18.4. The maximum atomic E-state index is 13.0. The van der Waals surface area contributed by atoms with Crippen LogP contribution in [-0.4, -0.2) is 59.0 Å². The van der Waals surface area contributed by atoms with Crippen LogP contribution in [0.15, 0.2) is 30.3 Å². The zero-order valence-corrected chi connectivity index (χ0v) is 16.8. The molecule has 6 heteroatoms. The van der Waals surface area contributed by atoms with E-state index in [4.69, 9.17) is 4.74 Å². The second-order valence-electron chi connectivity index (χ2n) is 7.60. The predicted octanol–water partition coefficient (Wildman–Crippen LogP) is 1.06. The van der Waals surface area contributed by atoms with Crippen LogP contribution >= 0.6 is 0 Å². The number of nitrogens with zero attached hydrogens (tertiary/aromatic N) is 1. The average molecular weight is 410 g/mol. The van der Waals surface area contributed by atoms with E-state index in [9.17, 15) is 14.7 Å². The molecule has 136 valence electrons. The average Bonchev–Trinajstić information content (AvgIpc) is 2.80. The van der Waals surface area contributed by atoms with Gasteiger partial charge in [0.05, 0.1) is 0 Å². The molecule has 0 bridgehead atoms. The summed E-state index contributed by atoms with van der Waals surface area (Å²) in [7, 11) is 0. The van der Waals surface area contributed by atoms with Gasteiger partial charge in [-0.3, -0.25) is 0 Å². The van der Waals surface area contributed by atoms with Crippen LogP contribution in [0, 0.1) is 5.92 Å². The van der Waals surface area contributed by atoms with Crippen molar-refractivity contribution < 1.29 is 19.4 Å². The first-order chi connectivity index (χ1) is 11.7. The van der Waals surface area contributed by atoms with E-state index >= 15 is 0 Å². The summed E-state index contributed by atoms with van der Waals surface area (Å²) in [6.07, 6.45) is 1.09. The van der Waals surface area contributed by atoms with E-state index in [1.54, 1.807) is 18.7 Å². The van der Waals surface area contributed by atoms with Gasteiger partial charge in [0.1, 0.15) is 0 Å². The standard InChI is InChI=1S/C19H25NO4Se/c1-12(2)24-17(22)19(25-13-8-6-5-7-9-13)11-10-14-15(18(3,4)23)16(21)20(14)19/h5-9,12,14-15,23H,10-11H2,1-4H3/t14-,15+,19?/m1/s1. The van der Waals surface area contributed by atoms with Gasteiger partial charge in [0.25, 0.3) is 0 Å². The Bertz CT molecular complexity index is 670. The third-order valence-electron chi connectivity index (χ3n) is 4.84. The Morgan fingerprint density at radius 3 is 2.56 bits per heavy atom. The van der Waals surface area contributed by atoms with Gasteiger partial charge < -0.3 is 0 Å². The van der Waals surface area contributed by atoms with Gasteiger partial charge in [-0.1, -0.05) is 0 Å². The number of hydrogen-bond donors (Lipinski definition) is 1. The Morgan fingerprint density at radius 2 is 2.00 bits per heavy atom. The summed E-state index contributed by atoms with van der Waals surface area (Å²) >= 11 is -0.255. The summed E-state index contributed by atoms with van der Waals surface area (Å²) in [6, 6.07) is 9.74. The molecular weight excluding hydrogens is 385 g/mol. The Labute approximate surface area is 154 Å². The van der Waals surface area contributed by atoms with Crippen molar-refractivity contribution in [1.29, 1.82) is 0 Å². The quantitative estimate of drug-likeness (QED) is 0.448. The summed E-state index contributed by atoms with van der Waals surface area (Å²) in [4.78, 5) is 27.6. The second-order valence-corrected chi connectivity index (χ2v) is 10.4. The van der Waals surface area contributed by atoms with E-state index in [0.717, 1.165) is 10.9 Å². The normalized spacial score (nSPS) is 28.7. The van der Waals surface area contributed by atoms with Crippen molar-refractivity contribution in [2.45, 2.75) is 62.7 Å². The van der Waals surface area contributed by atoms with Gasteiger partial charge in [0.2, 0.25) is 0 Å². The molecule has 1 aromatic rings. The fourth-order valence-corrected chi connectivity index (χ4v) is 6.70. The van der Waals surface area contributed by atoms with Crippen LogP contribution in [0.2, 0.25) is 0 Å². The van der Waals surface area contributed by atoms with Crippen molar-refractivity contribution >= 4 is 31.3 Å². The molecule has 0 spiro atoms. The number of benzene rings is 1. The molecule has 1 aromatic carbocycles. The zero-order valence-electron chi connectivity index (χ0n) is 15.1. The van der Waals surface area contributed by atoms with E-state index in [2.05, 4.69) is 0 Å². The number of β-lactam (4-membered cyclic amide) rings is 1. The van der Waals surface area contributed by atoms with Crippen LogP contribution in [0.4, 0.5) is 0 Å². The number of hydrogen-bond acceptors (Lipinski definition) is 4. The molecule has 3 rings (SSSR count). The summed E-state index contributed by atoms with van der Waals surface area (Å²) in [6.45, 7) is 6.99. The molecule has 0 aromatic heterocycles. The van der Waals surface area contributed by atoms with Crippen LogP contribution in [-0.2, 0) is 14.3 Å². The molecule has 25 heavy (non-hydrogen) atoms. The van der Waals surface area contributed by atoms with Crippen molar-refractivity contribution in [2.75, 3.05) is 0 Å². The van der Waals surface area contributed by atoms with Crippen molar-refractivity contribution in [1.82, 2.24) is 4.90 Å². The first kappa shape index (κ1) is 18.4. The number of fused-ring (bicyclic) bond motifs is 1. The molecular formula is C19H25NO4Se. The molecule has 5 nitrogen and oxygen atoms in total. The van der Waals surface area contributed by atoms with E-state index in [1.165, 1.54) is 0 Å². The molecule has 2 aliphatic rings. The van der Waals surface area contributed by atoms with Gasteiger partial charge in [-0.05, 0) is 0 Å². The first-order valence-corrected chi connectivity index (χ1v) is 10.4. The molecule has 0 radical (unpaired) electrons. The van der Waals surface area contributed by atoms with Gasteiger partial charge in [0, 0.05) is 0 Å². The Kier molecular flexibility index (Phi) is 4.73. The first-order valence-electron chi connectivity index (χ1n) is 8.67. The number of amides is 1. The molecule has 1 unspecified atom stereocenters. The monoisotopic (exact) mass is 411 g/mol. The third-order valence-corrected chi connectivity index (χ3v) is 7.81. The fraction of sp³-hybridized carbons (Fsp3) is 0.579. The van der Waals surface area contributed by atoms with Gasteiger partial charge in [0.15, 0.2) is 0 Å². The van der Waals surface area contributed by atoms with Crippen LogP contribution in [0.1, 0.15) is 40.5 Å². The molecule has 2 fully saturated rings. The predicted molar refractivity (Wildman–Crippen MR) is 95.4 cm³/mol. The third kappa shape index (κ3) is 3.12. The van der Waals surface area contributed by atoms with Crippen molar-refractivity contribution in [3.05, 3.63) is 30.3 Å². The van der Waals surface area contributed by atoms with Crippen molar-refractivity contribution in [3.8, 4) is 0 Å². The van der Waals surface area contributed by atoms with E-state index in [1.807, 2.05) is 44.2 Å². The molecule has 1 amide bonds. The number of esters is 1. The number of carbonyl (C=O) groups excluding carboxylic acids is 2. The van der Waals surface area contributed by atoms with Crippen LogP contribution in [0.25, 0.3) is 0 Å². The van der Waals surface area contributed by atoms with Crippen LogP contribution in [0.5, 0.6) is 0 Å². The van der Waals surface area contributed by atoms with Gasteiger partial charge in [-0.2, -0.15) is 0 Å². The number of ether oxygens (including phenoxy) is 1. The number of carbonyl (C=O) groups is 2. The second kappa shape index (κ2) is 6.42. The summed E-state index contributed by atoms with van der Waals surface area (Å²) < 4.78 is 5.72. The minimum absolute atomic E-state index is 0.0854. The molecule has 2 heterocycles. The van der Waals surface area contributed by atoms with Gasteiger partial charge >= 0.3 is 155 Å². The molecule has 0 saturated carbocycles. The van der Waals surface area contributed by atoms with E-state index in [0.29, 0.717) is 6.42 Å². The summed E-state index contributed by atoms with van der Waals surface area (Å²) in [5.74, 6) is -0.877. The van der Waals surface area contributed by atoms with Crippen LogP contribution in [0.3, 0.4) is 0 Å². The Morgan fingerprint density at radius 1 is 1.36 bits per heavy atom. The molecule has 2 aliphatic heterocycles. The number of rotatable bonds is 5. The molecule has 0 aliphatic carbocycles. The number of aliphatic hydroxyl groups is 1. The van der Waals surface area contributed by atoms with E-state index < -0.39 is 16.0 Å². The Hall–Kier alpha value is -1.36.